The van der Waals surface area contributed by atoms with Crippen LogP contribution >= 0.6 is 0 Å². The average molecular weight is 141 g/mol. The van der Waals surface area contributed by atoms with Crippen LogP contribution in [0, 0.1) is 0 Å². The molecule has 54 valence electrons. The molecule has 0 bridgehead atoms. The molecule has 0 heterocycles. The van der Waals surface area contributed by atoms with E-state index in [1.54, 1.807) is 0 Å². The summed E-state index contributed by atoms with van der Waals surface area (Å²) in [5, 5.41) is 0. The van der Waals surface area contributed by atoms with Gasteiger partial charge in [0.2, 0.25) is 5.78 Å². The van der Waals surface area contributed by atoms with Gasteiger partial charge in [-0.2, -0.15) is 0 Å². The van der Waals surface area contributed by atoms with Crippen LogP contribution in [0.1, 0.15) is 13.8 Å². The maximum absolute atomic E-state index is 10.2. The molecule has 0 fully saturated rings. The number of carbonyl (C=O) groups is 3. The van der Waals surface area contributed by atoms with Crippen molar-refractivity contribution in [3.8, 4) is 0 Å². The van der Waals surface area contributed by atoms with Gasteiger partial charge in [-0.05, 0) is 0 Å². The first-order valence-electron chi connectivity index (χ1n) is 2.27. The van der Waals surface area contributed by atoms with Crippen LogP contribution in [0.3, 0.4) is 0 Å². The Bertz CT molecular complexity index is 163. The molecule has 4 nitrogen and oxygen atoms in total. The minimum atomic E-state index is -1.11. The Morgan fingerprint density at radius 1 is 1.10 bits per heavy atom. The van der Waals surface area contributed by atoms with Crippen LogP contribution in [0.4, 0.5) is 0 Å². The van der Waals surface area contributed by atoms with E-state index in [0.29, 0.717) is 0 Å². The molecule has 0 unspecified atom stereocenters. The fourth-order valence-electron chi connectivity index (χ4n) is 0.202. The van der Waals surface area contributed by atoms with Gasteiger partial charge in [-0.1, -0.05) is 0 Å². The quantitative estimate of drug-likeness (QED) is 0.198. The van der Waals surface area contributed by atoms with Crippen molar-refractivity contribution in [3.63, 3.8) is 0 Å². The van der Waals surface area contributed by atoms with Crippen molar-refractivity contribution < 1.29 is 19.1 Å². The summed E-state index contributed by atoms with van der Waals surface area (Å²) < 4.78 is 3.88. The zero-order chi connectivity index (χ0) is 7.44. The van der Waals surface area contributed by atoms with Crippen molar-refractivity contribution in [2.75, 3.05) is 0 Å². The van der Waals surface area contributed by atoms with Gasteiger partial charge < -0.3 is 4.74 Å². The Morgan fingerprint density at radius 3 is 1.60 bits per heavy atom. The van der Waals surface area contributed by atoms with E-state index in [1.165, 1.54) is 0 Å². The number of ketones is 1. The summed E-state index contributed by atoms with van der Waals surface area (Å²) in [6.07, 6.45) is 0. The molecular formula is C5H8BeO4. The molecule has 0 aliphatic carbocycles. The topological polar surface area (TPSA) is 60.4 Å². The maximum atomic E-state index is 10.2. The predicted molar refractivity (Wildman–Crippen MR) is 36.0 cm³/mol. The molecule has 0 aliphatic rings. The van der Waals surface area contributed by atoms with Crippen molar-refractivity contribution in [2.24, 2.45) is 0 Å². The first kappa shape index (κ1) is 11.7. The van der Waals surface area contributed by atoms with Crippen molar-refractivity contribution in [1.82, 2.24) is 0 Å². The Labute approximate surface area is 61.8 Å². The van der Waals surface area contributed by atoms with Crippen LogP contribution < -0.4 is 0 Å². The fourth-order valence-corrected chi connectivity index (χ4v) is 0.202. The molecule has 0 aromatic heterocycles. The fraction of sp³-hybridized carbons (Fsp3) is 0.400. The first-order chi connectivity index (χ1) is 4.04. The summed E-state index contributed by atoms with van der Waals surface area (Å²) in [7, 11) is 0. The molecule has 0 rings (SSSR count). The number of Topliss-reactive ketones (excluding diaryl/α,β-unsaturated/α-hetero) is 1. The van der Waals surface area contributed by atoms with Gasteiger partial charge in [0.05, 0.1) is 0 Å². The second-order valence-electron chi connectivity index (χ2n) is 1.44. The van der Waals surface area contributed by atoms with Crippen LogP contribution in [-0.2, 0) is 19.1 Å². The van der Waals surface area contributed by atoms with Gasteiger partial charge in [-0.3, -0.25) is 9.59 Å². The summed E-state index contributed by atoms with van der Waals surface area (Å²) in [5.74, 6) is -2.65. The summed E-state index contributed by atoms with van der Waals surface area (Å²) in [4.78, 5) is 30.2. The third-order valence-electron chi connectivity index (χ3n) is 0.524. The molecule has 10 heavy (non-hydrogen) atoms. The Hall–Kier alpha value is -1.02. The van der Waals surface area contributed by atoms with E-state index in [0.717, 1.165) is 13.8 Å². The molecule has 0 aliphatic heterocycles. The molecule has 0 N–H and O–H groups in total. The van der Waals surface area contributed by atoms with Crippen LogP contribution in [0.2, 0.25) is 0 Å². The van der Waals surface area contributed by atoms with E-state index in [1.807, 2.05) is 0 Å². The minimum absolute atomic E-state index is 0. The summed E-state index contributed by atoms with van der Waals surface area (Å²) in [6, 6.07) is 0. The second-order valence-corrected chi connectivity index (χ2v) is 1.44. The molecular weight excluding hydrogens is 133 g/mol. The van der Waals surface area contributed by atoms with Crippen LogP contribution in [0.5, 0.6) is 0 Å². The number of carbonyl (C=O) groups excluding carboxylic acids is 3. The normalized spacial score (nSPS) is 7.40. The van der Waals surface area contributed by atoms with Gasteiger partial charge in [0.15, 0.2) is 0 Å². The number of hydrogen-bond donors (Lipinski definition) is 0. The van der Waals surface area contributed by atoms with Gasteiger partial charge in [-0.15, -0.1) is 0 Å². The molecule has 0 saturated carbocycles. The Morgan fingerprint density at radius 2 is 1.50 bits per heavy atom. The summed E-state index contributed by atoms with van der Waals surface area (Å²) >= 11 is 0. The molecule has 0 saturated heterocycles. The molecule has 0 atom stereocenters. The molecule has 0 spiro atoms. The Balaban J connectivity index is 0. The SMILES string of the molecule is CC(=O)OC(=O)C(C)=O.[BeH2]. The number of rotatable bonds is 1. The van der Waals surface area contributed by atoms with Gasteiger partial charge in [0.25, 0.3) is 0 Å². The third-order valence-corrected chi connectivity index (χ3v) is 0.524. The summed E-state index contributed by atoms with van der Waals surface area (Å²) in [5.41, 5.74) is 0. The van der Waals surface area contributed by atoms with Crippen molar-refractivity contribution in [3.05, 3.63) is 0 Å². The van der Waals surface area contributed by atoms with Gasteiger partial charge >= 0.3 is 22.1 Å². The van der Waals surface area contributed by atoms with Gasteiger partial charge in [-0.25, -0.2) is 4.79 Å². The second kappa shape index (κ2) is 4.82. The van der Waals surface area contributed by atoms with E-state index < -0.39 is 17.7 Å². The van der Waals surface area contributed by atoms with E-state index in [9.17, 15) is 14.4 Å². The first-order valence-corrected chi connectivity index (χ1v) is 2.27. The third kappa shape index (κ3) is 5.12. The van der Waals surface area contributed by atoms with E-state index in [2.05, 4.69) is 4.74 Å². The molecule has 0 aromatic carbocycles. The zero-order valence-corrected chi connectivity index (χ0v) is 5.13. The van der Waals surface area contributed by atoms with Crippen molar-refractivity contribution in [2.45, 2.75) is 13.8 Å². The van der Waals surface area contributed by atoms with Crippen molar-refractivity contribution >= 4 is 27.8 Å². The molecule has 0 radical (unpaired) electrons. The molecule has 5 heteroatoms. The molecule has 0 amide bonds. The summed E-state index contributed by atoms with van der Waals surface area (Å²) in [6.45, 7) is 2.09. The van der Waals surface area contributed by atoms with Crippen LogP contribution in [-0.4, -0.2) is 27.8 Å². The Kier molecular flexibility index (Phi) is 5.66. The van der Waals surface area contributed by atoms with Crippen LogP contribution in [0.15, 0.2) is 0 Å². The van der Waals surface area contributed by atoms with E-state index in [4.69, 9.17) is 0 Å². The number of esters is 2. The predicted octanol–water partition coefficient (Wildman–Crippen LogP) is -1.25. The van der Waals surface area contributed by atoms with E-state index >= 15 is 0 Å². The van der Waals surface area contributed by atoms with Crippen LogP contribution in [0.25, 0.3) is 0 Å². The zero-order valence-electron chi connectivity index (χ0n) is 5.13. The van der Waals surface area contributed by atoms with Gasteiger partial charge in [0, 0.05) is 13.8 Å². The number of hydrogen-bond acceptors (Lipinski definition) is 4. The number of ether oxygens (including phenoxy) is 1. The van der Waals surface area contributed by atoms with Gasteiger partial charge in [0.1, 0.15) is 0 Å². The standard InChI is InChI=1S/C5H6O4.Be.2H/c1-3(6)5(8)9-4(2)7;;;/h1-2H3;;;. The van der Waals surface area contributed by atoms with Crippen molar-refractivity contribution in [1.29, 1.82) is 0 Å². The van der Waals surface area contributed by atoms with E-state index in [-0.39, 0.29) is 10.1 Å². The average Bonchev–Trinajstić information content (AvgIpc) is 1.63. The monoisotopic (exact) mass is 141 g/mol. The molecule has 0 aromatic rings.